The van der Waals surface area contributed by atoms with E-state index in [0.29, 0.717) is 22.0 Å². The van der Waals surface area contributed by atoms with Crippen LogP contribution in [0.4, 0.5) is 11.4 Å². The quantitative estimate of drug-likeness (QED) is 0.705. The van der Waals surface area contributed by atoms with Crippen LogP contribution in [0.1, 0.15) is 12.5 Å². The number of halogens is 1. The summed E-state index contributed by atoms with van der Waals surface area (Å²) in [4.78, 5) is 38.6. The molecule has 2 N–H and O–H groups in total. The lowest BCUT2D eigenvalue weighted by Crippen LogP contribution is -2.31. The van der Waals surface area contributed by atoms with Crippen molar-refractivity contribution in [3.8, 4) is 0 Å². The Balaban J connectivity index is 2.00. The second kappa shape index (κ2) is 8.60. The number of carbonyl (C=O) groups is 3. The van der Waals surface area contributed by atoms with E-state index in [1.165, 1.54) is 6.92 Å². The summed E-state index contributed by atoms with van der Waals surface area (Å²) in [7, 11) is 0. The van der Waals surface area contributed by atoms with Gasteiger partial charge in [0.15, 0.2) is 0 Å². The van der Waals surface area contributed by atoms with Gasteiger partial charge in [0.05, 0.1) is 22.8 Å². The van der Waals surface area contributed by atoms with E-state index >= 15 is 0 Å². The van der Waals surface area contributed by atoms with Crippen LogP contribution >= 0.6 is 23.4 Å². The first-order valence-corrected chi connectivity index (χ1v) is 9.79. The van der Waals surface area contributed by atoms with Gasteiger partial charge in [-0.2, -0.15) is 0 Å². The molecular weight excluding hydrogens is 400 g/mol. The molecule has 0 bridgehead atoms. The fourth-order valence-electron chi connectivity index (χ4n) is 2.79. The molecule has 0 spiro atoms. The molecule has 0 saturated heterocycles. The van der Waals surface area contributed by atoms with Gasteiger partial charge >= 0.3 is 0 Å². The highest BCUT2D eigenvalue weighted by Gasteiger charge is 2.40. The molecule has 0 saturated carbocycles. The number of nitrogens with zero attached hydrogens (tertiary/aromatic N) is 1. The molecule has 3 rings (SSSR count). The Morgan fingerprint density at radius 1 is 1.07 bits per heavy atom. The fourth-order valence-corrected chi connectivity index (χ4v) is 3.78. The van der Waals surface area contributed by atoms with Gasteiger partial charge in [-0.1, -0.05) is 23.7 Å². The molecule has 8 heteroatoms. The van der Waals surface area contributed by atoms with Crippen molar-refractivity contribution in [1.29, 1.82) is 0 Å². The number of carbonyl (C=O) groups excluding carboxylic acids is 3. The summed E-state index contributed by atoms with van der Waals surface area (Å²) in [5, 5.41) is 12.3. The van der Waals surface area contributed by atoms with E-state index in [1.54, 1.807) is 48.5 Å². The van der Waals surface area contributed by atoms with Crippen molar-refractivity contribution in [2.45, 2.75) is 6.92 Å². The Morgan fingerprint density at radius 3 is 2.29 bits per heavy atom. The highest BCUT2D eigenvalue weighted by atomic mass is 35.5. The average molecular weight is 417 g/mol. The van der Waals surface area contributed by atoms with E-state index in [2.05, 4.69) is 5.32 Å². The zero-order valence-corrected chi connectivity index (χ0v) is 16.5. The van der Waals surface area contributed by atoms with Crippen LogP contribution in [0.25, 0.3) is 5.57 Å². The normalized spacial score (nSPS) is 14.0. The van der Waals surface area contributed by atoms with Crippen LogP contribution in [-0.4, -0.2) is 35.2 Å². The van der Waals surface area contributed by atoms with Crippen LogP contribution in [0.2, 0.25) is 5.02 Å². The molecule has 3 amide bonds. The van der Waals surface area contributed by atoms with Crippen molar-refractivity contribution in [1.82, 2.24) is 0 Å². The Bertz CT molecular complexity index is 955. The van der Waals surface area contributed by atoms with E-state index in [-0.39, 0.29) is 28.7 Å². The Labute approximate surface area is 171 Å². The Hall–Kier alpha value is -2.61. The van der Waals surface area contributed by atoms with Crippen LogP contribution in [0.15, 0.2) is 53.4 Å². The Kier molecular flexibility index (Phi) is 6.18. The second-order valence-corrected chi connectivity index (χ2v) is 7.50. The van der Waals surface area contributed by atoms with E-state index in [9.17, 15) is 14.4 Å². The summed E-state index contributed by atoms with van der Waals surface area (Å²) >= 11 is 7.04. The van der Waals surface area contributed by atoms with Gasteiger partial charge in [-0.3, -0.25) is 14.4 Å². The number of amides is 3. The first kappa shape index (κ1) is 20.1. The van der Waals surface area contributed by atoms with Crippen LogP contribution in [0.3, 0.4) is 0 Å². The number of rotatable bonds is 6. The lowest BCUT2D eigenvalue weighted by Gasteiger charge is -2.15. The van der Waals surface area contributed by atoms with Gasteiger partial charge in [0.25, 0.3) is 11.8 Å². The maximum Gasteiger partial charge on any atom is 0.272 e. The number of anilines is 2. The summed E-state index contributed by atoms with van der Waals surface area (Å²) in [5.74, 6) is -0.796. The minimum Gasteiger partial charge on any atom is -0.396 e. The van der Waals surface area contributed by atoms with Crippen molar-refractivity contribution >= 4 is 58.0 Å². The number of hydrogen-bond acceptors (Lipinski definition) is 5. The Morgan fingerprint density at radius 2 is 1.71 bits per heavy atom. The topological polar surface area (TPSA) is 86.7 Å². The molecule has 0 aliphatic carbocycles. The first-order valence-electron chi connectivity index (χ1n) is 8.42. The number of hydrogen-bond donors (Lipinski definition) is 2. The summed E-state index contributed by atoms with van der Waals surface area (Å²) in [6.45, 7) is 1.29. The molecule has 1 aliphatic heterocycles. The largest absolute Gasteiger partial charge is 0.396 e. The number of nitrogens with one attached hydrogen (secondary N) is 1. The third-order valence-corrected chi connectivity index (χ3v) is 5.26. The smallest absolute Gasteiger partial charge is 0.272 e. The molecule has 0 radical (unpaired) electrons. The van der Waals surface area contributed by atoms with Gasteiger partial charge in [0.1, 0.15) is 0 Å². The SMILES string of the molecule is CC(=O)Nc1ccc(C2=C(SCCO)C(=O)N(c3ccc(Cl)cc3)C2=O)cc1. The lowest BCUT2D eigenvalue weighted by atomic mass is 10.1. The van der Waals surface area contributed by atoms with Crippen molar-refractivity contribution in [2.24, 2.45) is 0 Å². The average Bonchev–Trinajstić information content (AvgIpc) is 2.91. The summed E-state index contributed by atoms with van der Waals surface area (Å²) in [6.07, 6.45) is 0. The standard InChI is InChI=1S/C20H17ClN2O4S/c1-12(25)22-15-6-2-13(3-7-15)17-18(28-11-10-24)20(27)23(19(17)26)16-8-4-14(21)5-9-16/h2-9,24H,10-11H2,1H3,(H,22,25). The number of imide groups is 1. The molecule has 0 unspecified atom stereocenters. The highest BCUT2D eigenvalue weighted by Crippen LogP contribution is 2.38. The minimum absolute atomic E-state index is 0.120. The fraction of sp³-hybridized carbons (Fsp3) is 0.150. The predicted molar refractivity (Wildman–Crippen MR) is 111 cm³/mol. The molecular formula is C20H17ClN2O4S. The third-order valence-electron chi connectivity index (χ3n) is 3.96. The van der Waals surface area contributed by atoms with Crippen LogP contribution in [-0.2, 0) is 14.4 Å². The molecule has 28 heavy (non-hydrogen) atoms. The third kappa shape index (κ3) is 4.11. The maximum absolute atomic E-state index is 13.1. The summed E-state index contributed by atoms with van der Waals surface area (Å²) in [5.41, 5.74) is 1.84. The lowest BCUT2D eigenvalue weighted by molar-refractivity contribution is -0.120. The van der Waals surface area contributed by atoms with Crippen molar-refractivity contribution in [3.05, 3.63) is 64.0 Å². The molecule has 0 fully saturated rings. The van der Waals surface area contributed by atoms with Crippen LogP contribution < -0.4 is 10.2 Å². The minimum atomic E-state index is -0.444. The molecule has 2 aromatic rings. The van der Waals surface area contributed by atoms with Gasteiger partial charge in [-0.25, -0.2) is 4.90 Å². The number of aliphatic hydroxyl groups excluding tert-OH is 1. The zero-order valence-electron chi connectivity index (χ0n) is 14.9. The van der Waals surface area contributed by atoms with E-state index in [1.807, 2.05) is 0 Å². The molecule has 144 valence electrons. The summed E-state index contributed by atoms with van der Waals surface area (Å²) < 4.78 is 0. The maximum atomic E-state index is 13.1. The van der Waals surface area contributed by atoms with Gasteiger partial charge in [0, 0.05) is 23.4 Å². The first-order chi connectivity index (χ1) is 13.4. The molecule has 0 atom stereocenters. The van der Waals surface area contributed by atoms with E-state index < -0.39 is 11.8 Å². The van der Waals surface area contributed by atoms with Crippen LogP contribution in [0.5, 0.6) is 0 Å². The van der Waals surface area contributed by atoms with Crippen molar-refractivity contribution in [2.75, 3.05) is 22.6 Å². The molecule has 1 heterocycles. The van der Waals surface area contributed by atoms with Gasteiger partial charge in [-0.05, 0) is 42.0 Å². The van der Waals surface area contributed by atoms with Gasteiger partial charge in [-0.15, -0.1) is 11.8 Å². The molecule has 0 aromatic heterocycles. The van der Waals surface area contributed by atoms with Crippen molar-refractivity contribution in [3.63, 3.8) is 0 Å². The number of aliphatic hydroxyl groups is 1. The van der Waals surface area contributed by atoms with Crippen LogP contribution in [0, 0.1) is 0 Å². The zero-order chi connectivity index (χ0) is 20.3. The van der Waals surface area contributed by atoms with Crippen molar-refractivity contribution < 1.29 is 19.5 Å². The van der Waals surface area contributed by atoms with E-state index in [0.717, 1.165) is 16.7 Å². The summed E-state index contributed by atoms with van der Waals surface area (Å²) in [6, 6.07) is 13.1. The van der Waals surface area contributed by atoms with Gasteiger partial charge in [0.2, 0.25) is 5.91 Å². The number of benzene rings is 2. The van der Waals surface area contributed by atoms with Gasteiger partial charge < -0.3 is 10.4 Å². The van der Waals surface area contributed by atoms with E-state index in [4.69, 9.17) is 16.7 Å². The number of thioether (sulfide) groups is 1. The molecule has 6 nitrogen and oxygen atoms in total. The highest BCUT2D eigenvalue weighted by molar-refractivity contribution is 8.04. The molecule has 1 aliphatic rings. The molecule has 2 aromatic carbocycles. The second-order valence-electron chi connectivity index (χ2n) is 5.96. The monoisotopic (exact) mass is 416 g/mol. The predicted octanol–water partition coefficient (Wildman–Crippen LogP) is 3.31.